The fourth-order valence-electron chi connectivity index (χ4n) is 2.83. The van der Waals surface area contributed by atoms with Gasteiger partial charge in [-0.05, 0) is 58.9 Å². The molecule has 0 atom stereocenters. The average molecular weight is 358 g/mol. The van der Waals surface area contributed by atoms with Crippen molar-refractivity contribution in [1.29, 1.82) is 0 Å². The Morgan fingerprint density at radius 1 is 1.08 bits per heavy atom. The normalized spacial score (nSPS) is 12.9. The summed E-state index contributed by atoms with van der Waals surface area (Å²) >= 11 is 0. The molecule has 1 aromatic carbocycles. The minimum Gasteiger partial charge on any atom is -0.426 e. The smallest absolute Gasteiger partial charge is 0.322 e. The molecule has 0 aliphatic heterocycles. The van der Waals surface area contributed by atoms with Gasteiger partial charge < -0.3 is 9.22 Å². The van der Waals surface area contributed by atoms with E-state index in [9.17, 15) is 13.2 Å². The zero-order valence-corrected chi connectivity index (χ0v) is 15.9. The van der Waals surface area contributed by atoms with Crippen molar-refractivity contribution in [2.45, 2.75) is 39.5 Å². The van der Waals surface area contributed by atoms with Crippen LogP contribution in [-0.4, -0.2) is 49.6 Å². The van der Waals surface area contributed by atoms with Gasteiger partial charge >= 0.3 is 5.97 Å². The molecule has 0 heterocycles. The van der Waals surface area contributed by atoms with E-state index in [4.69, 9.17) is 9.29 Å². The fraction of sp³-hybridized carbons (Fsp3) is 0.588. The summed E-state index contributed by atoms with van der Waals surface area (Å²) in [4.78, 5) is 12.3. The third-order valence-corrected chi connectivity index (χ3v) is 5.50. The van der Waals surface area contributed by atoms with Crippen LogP contribution in [0.15, 0.2) is 29.2 Å². The Labute approximate surface area is 144 Å². The standard InChI is InChI=1S/C17H27NO5S/c1-6-18(7-2,8-3)13-17(4,5)16(19)23-14-9-11-15(12-10-14)24(20,21)22/h9-12H,6-8,13H2,1-5H3/p+1. The number of hydrogen-bond acceptors (Lipinski definition) is 4. The lowest BCUT2D eigenvalue weighted by molar-refractivity contribution is -0.927. The highest BCUT2D eigenvalue weighted by atomic mass is 32.2. The van der Waals surface area contributed by atoms with E-state index in [2.05, 4.69) is 20.8 Å². The molecule has 0 radical (unpaired) electrons. The van der Waals surface area contributed by atoms with Crippen molar-refractivity contribution in [1.82, 2.24) is 0 Å². The lowest BCUT2D eigenvalue weighted by atomic mass is 9.91. The molecule has 0 saturated heterocycles. The quantitative estimate of drug-likeness (QED) is 0.334. The van der Waals surface area contributed by atoms with Crippen LogP contribution in [0.2, 0.25) is 0 Å². The number of carbonyl (C=O) groups excluding carboxylic acids is 1. The maximum Gasteiger partial charge on any atom is 0.322 e. The molecule has 136 valence electrons. The van der Waals surface area contributed by atoms with Gasteiger partial charge in [0.15, 0.2) is 0 Å². The zero-order chi connectivity index (χ0) is 18.6. The molecule has 0 aromatic heterocycles. The van der Waals surface area contributed by atoms with Crippen LogP contribution in [0.4, 0.5) is 0 Å². The fourth-order valence-corrected chi connectivity index (χ4v) is 3.31. The summed E-state index contributed by atoms with van der Waals surface area (Å²) < 4.78 is 37.2. The number of esters is 1. The Balaban J connectivity index is 2.89. The van der Waals surface area contributed by atoms with Crippen molar-refractivity contribution in [3.8, 4) is 5.75 Å². The van der Waals surface area contributed by atoms with Gasteiger partial charge in [-0.2, -0.15) is 8.42 Å². The van der Waals surface area contributed by atoms with Gasteiger partial charge in [-0.3, -0.25) is 9.35 Å². The van der Waals surface area contributed by atoms with Crippen molar-refractivity contribution < 1.29 is 27.0 Å². The molecule has 7 heteroatoms. The molecule has 1 rings (SSSR count). The second-order valence-corrected chi connectivity index (χ2v) is 8.09. The molecule has 0 spiro atoms. The summed E-state index contributed by atoms with van der Waals surface area (Å²) in [6, 6.07) is 5.13. The van der Waals surface area contributed by atoms with E-state index in [-0.39, 0.29) is 16.6 Å². The molecule has 0 fully saturated rings. The number of rotatable bonds is 8. The van der Waals surface area contributed by atoms with E-state index in [0.29, 0.717) is 6.54 Å². The first-order valence-corrected chi connectivity index (χ1v) is 9.58. The molecule has 0 amide bonds. The maximum absolute atomic E-state index is 12.5. The molecule has 1 N–H and O–H groups in total. The van der Waals surface area contributed by atoms with Crippen molar-refractivity contribution >= 4 is 16.1 Å². The Morgan fingerprint density at radius 2 is 1.54 bits per heavy atom. The van der Waals surface area contributed by atoms with Crippen LogP contribution in [0.5, 0.6) is 5.75 Å². The molecular formula is C17H28NO5S+. The summed E-state index contributed by atoms with van der Waals surface area (Å²) in [5, 5.41) is 0. The van der Waals surface area contributed by atoms with Gasteiger partial charge in [-0.1, -0.05) is 0 Å². The Morgan fingerprint density at radius 3 is 1.92 bits per heavy atom. The van der Waals surface area contributed by atoms with Crippen molar-refractivity contribution in [3.63, 3.8) is 0 Å². The minimum absolute atomic E-state index is 0.236. The van der Waals surface area contributed by atoms with Gasteiger partial charge in [0.1, 0.15) is 11.2 Å². The number of ether oxygens (including phenoxy) is 1. The van der Waals surface area contributed by atoms with Crippen molar-refractivity contribution in [2.24, 2.45) is 5.41 Å². The molecular weight excluding hydrogens is 330 g/mol. The second kappa shape index (κ2) is 7.63. The predicted molar refractivity (Wildman–Crippen MR) is 92.4 cm³/mol. The van der Waals surface area contributed by atoms with Gasteiger partial charge in [0.25, 0.3) is 10.1 Å². The molecule has 0 aliphatic carbocycles. The topological polar surface area (TPSA) is 80.7 Å². The van der Waals surface area contributed by atoms with Crippen LogP contribution < -0.4 is 4.74 Å². The van der Waals surface area contributed by atoms with E-state index in [1.54, 1.807) is 0 Å². The molecule has 1 aromatic rings. The van der Waals surface area contributed by atoms with Gasteiger partial charge in [0, 0.05) is 0 Å². The van der Waals surface area contributed by atoms with Crippen LogP contribution in [0.25, 0.3) is 0 Å². The maximum atomic E-state index is 12.5. The summed E-state index contributed by atoms with van der Waals surface area (Å²) in [6.45, 7) is 13.5. The second-order valence-electron chi connectivity index (χ2n) is 6.67. The van der Waals surface area contributed by atoms with E-state index in [0.717, 1.165) is 24.1 Å². The minimum atomic E-state index is -4.25. The first-order valence-electron chi connectivity index (χ1n) is 8.14. The molecule has 0 aliphatic rings. The summed E-state index contributed by atoms with van der Waals surface area (Å²) in [6.07, 6.45) is 0. The van der Waals surface area contributed by atoms with Gasteiger partial charge in [0.05, 0.1) is 31.1 Å². The first-order chi connectivity index (χ1) is 11.0. The summed E-state index contributed by atoms with van der Waals surface area (Å²) in [5.41, 5.74) is -0.677. The predicted octanol–water partition coefficient (Wildman–Crippen LogP) is 2.74. The number of hydrogen-bond donors (Lipinski definition) is 1. The highest BCUT2D eigenvalue weighted by Crippen LogP contribution is 2.26. The third kappa shape index (κ3) is 5.03. The van der Waals surface area contributed by atoms with Gasteiger partial charge in [0.2, 0.25) is 0 Å². The average Bonchev–Trinajstić information content (AvgIpc) is 2.52. The van der Waals surface area contributed by atoms with E-state index in [1.807, 2.05) is 13.8 Å². The molecule has 0 bridgehead atoms. The van der Waals surface area contributed by atoms with Crippen LogP contribution in [-0.2, 0) is 14.9 Å². The monoisotopic (exact) mass is 358 g/mol. The Hall–Kier alpha value is -1.44. The Bertz CT molecular complexity index is 652. The largest absolute Gasteiger partial charge is 0.426 e. The molecule has 0 saturated carbocycles. The van der Waals surface area contributed by atoms with Crippen LogP contribution in [0.1, 0.15) is 34.6 Å². The highest BCUT2D eigenvalue weighted by molar-refractivity contribution is 7.85. The van der Waals surface area contributed by atoms with E-state index < -0.39 is 15.5 Å². The lowest BCUT2D eigenvalue weighted by Crippen LogP contribution is -2.55. The SMILES string of the molecule is CC[N+](CC)(CC)CC(C)(C)C(=O)Oc1ccc(S(=O)(=O)O)cc1. The van der Waals surface area contributed by atoms with Crippen molar-refractivity contribution in [2.75, 3.05) is 26.2 Å². The number of carbonyl (C=O) groups is 1. The van der Waals surface area contributed by atoms with E-state index in [1.165, 1.54) is 24.3 Å². The summed E-state index contributed by atoms with van der Waals surface area (Å²) in [5.74, 6) is -0.108. The van der Waals surface area contributed by atoms with Crippen molar-refractivity contribution in [3.05, 3.63) is 24.3 Å². The van der Waals surface area contributed by atoms with Gasteiger partial charge in [-0.25, -0.2) is 0 Å². The first kappa shape index (κ1) is 20.6. The molecule has 0 unspecified atom stereocenters. The third-order valence-electron chi connectivity index (χ3n) is 4.63. The Kier molecular flexibility index (Phi) is 6.55. The molecule has 6 nitrogen and oxygen atoms in total. The molecule has 24 heavy (non-hydrogen) atoms. The van der Waals surface area contributed by atoms with Crippen LogP contribution in [0.3, 0.4) is 0 Å². The number of benzene rings is 1. The van der Waals surface area contributed by atoms with E-state index >= 15 is 0 Å². The number of nitrogens with zero attached hydrogens (tertiary/aromatic N) is 1. The summed E-state index contributed by atoms with van der Waals surface area (Å²) in [7, 11) is -4.25. The lowest BCUT2D eigenvalue weighted by Gasteiger charge is -2.40. The zero-order valence-electron chi connectivity index (χ0n) is 15.1. The van der Waals surface area contributed by atoms with Gasteiger partial charge in [-0.15, -0.1) is 0 Å². The number of quaternary nitrogens is 1. The van der Waals surface area contributed by atoms with Crippen LogP contribution >= 0.6 is 0 Å². The van der Waals surface area contributed by atoms with Crippen LogP contribution in [0, 0.1) is 5.41 Å². The highest BCUT2D eigenvalue weighted by Gasteiger charge is 2.39.